The second-order valence-corrected chi connectivity index (χ2v) is 6.10. The van der Waals surface area contributed by atoms with Crippen LogP contribution in [0.1, 0.15) is 22.8 Å². The summed E-state index contributed by atoms with van der Waals surface area (Å²) in [7, 11) is 0. The molecule has 3 rings (SSSR count). The number of amides is 1. The Bertz CT molecular complexity index is 919. The quantitative estimate of drug-likeness (QED) is 0.625. The maximum absolute atomic E-state index is 11.9. The second kappa shape index (κ2) is 8.80. The predicted octanol–water partition coefficient (Wildman–Crippen LogP) is 2.81. The van der Waals surface area contributed by atoms with Crippen molar-refractivity contribution in [3.63, 3.8) is 0 Å². The zero-order valence-corrected chi connectivity index (χ0v) is 15.1. The Morgan fingerprint density at radius 1 is 1.11 bits per heavy atom. The molecule has 27 heavy (non-hydrogen) atoms. The summed E-state index contributed by atoms with van der Waals surface area (Å²) >= 11 is 0. The number of nitrogens with one attached hydrogen (secondary N) is 1. The van der Waals surface area contributed by atoms with E-state index in [2.05, 4.69) is 10.4 Å². The Morgan fingerprint density at radius 3 is 2.70 bits per heavy atom. The van der Waals surface area contributed by atoms with Crippen LogP contribution in [0.4, 0.5) is 0 Å². The minimum Gasteiger partial charge on any atom is -0.484 e. The number of ketones is 1. The summed E-state index contributed by atoms with van der Waals surface area (Å²) < 4.78 is 7.25. The monoisotopic (exact) mass is 363 g/mol. The van der Waals surface area contributed by atoms with Crippen LogP contribution < -0.4 is 10.1 Å². The molecule has 0 atom stereocenters. The molecule has 0 aliphatic heterocycles. The Kier molecular flexibility index (Phi) is 5.99. The fourth-order valence-corrected chi connectivity index (χ4v) is 2.56. The molecule has 0 spiro atoms. The molecule has 0 aliphatic carbocycles. The molecule has 1 N–H and O–H groups in total. The predicted molar refractivity (Wildman–Crippen MR) is 102 cm³/mol. The van der Waals surface area contributed by atoms with Crippen molar-refractivity contribution in [2.24, 2.45) is 0 Å². The number of Topliss-reactive ketones (excluding diaryl/α,β-unsaturated/α-hetero) is 1. The van der Waals surface area contributed by atoms with Crippen LogP contribution in [0.3, 0.4) is 0 Å². The Hall–Kier alpha value is -3.41. The summed E-state index contributed by atoms with van der Waals surface area (Å²) in [6, 6.07) is 16.6. The van der Waals surface area contributed by atoms with Crippen LogP contribution in [0.5, 0.6) is 5.75 Å². The van der Waals surface area contributed by atoms with Gasteiger partial charge in [0.05, 0.1) is 11.9 Å². The molecule has 1 heterocycles. The van der Waals surface area contributed by atoms with Gasteiger partial charge in [0.25, 0.3) is 5.91 Å². The van der Waals surface area contributed by atoms with Crippen molar-refractivity contribution in [3.05, 3.63) is 78.1 Å². The number of nitrogens with zero attached hydrogens (tertiary/aromatic N) is 2. The standard InChI is InChI=1S/C21H21N3O3/c1-16(25)18-6-5-9-20(12-18)27-15-21(26)22-11-10-17-13-23-24(14-17)19-7-3-2-4-8-19/h2-9,12-14H,10-11,15H2,1H3,(H,22,26). The molecule has 1 amide bonds. The lowest BCUT2D eigenvalue weighted by Crippen LogP contribution is -2.30. The first-order valence-electron chi connectivity index (χ1n) is 8.71. The van der Waals surface area contributed by atoms with Crippen LogP contribution in [-0.2, 0) is 11.2 Å². The van der Waals surface area contributed by atoms with E-state index in [1.807, 2.05) is 41.2 Å². The average molecular weight is 363 g/mol. The Balaban J connectivity index is 1.43. The van der Waals surface area contributed by atoms with Crippen LogP contribution in [0.2, 0.25) is 0 Å². The summed E-state index contributed by atoms with van der Waals surface area (Å²) in [5.74, 6) is 0.251. The molecule has 0 saturated heterocycles. The highest BCUT2D eigenvalue weighted by Gasteiger charge is 2.06. The van der Waals surface area contributed by atoms with Crippen molar-refractivity contribution < 1.29 is 14.3 Å². The van der Waals surface area contributed by atoms with Crippen molar-refractivity contribution in [3.8, 4) is 11.4 Å². The van der Waals surface area contributed by atoms with Gasteiger partial charge in [-0.25, -0.2) is 4.68 Å². The molecule has 0 aliphatic rings. The number of rotatable bonds is 8. The Labute approximate surface area is 157 Å². The molecule has 0 bridgehead atoms. The van der Waals surface area contributed by atoms with Crippen LogP contribution in [0.25, 0.3) is 5.69 Å². The largest absolute Gasteiger partial charge is 0.484 e. The van der Waals surface area contributed by atoms with Gasteiger partial charge in [-0.2, -0.15) is 5.10 Å². The van der Waals surface area contributed by atoms with Gasteiger partial charge >= 0.3 is 0 Å². The highest BCUT2D eigenvalue weighted by molar-refractivity contribution is 5.94. The van der Waals surface area contributed by atoms with Gasteiger partial charge in [0, 0.05) is 18.3 Å². The number of benzene rings is 2. The summed E-state index contributed by atoms with van der Waals surface area (Å²) in [5, 5.41) is 7.15. The third-order valence-corrected chi connectivity index (χ3v) is 4.00. The van der Waals surface area contributed by atoms with E-state index in [1.165, 1.54) is 6.92 Å². The van der Waals surface area contributed by atoms with Crippen LogP contribution in [-0.4, -0.2) is 34.6 Å². The van der Waals surface area contributed by atoms with Gasteiger partial charge in [-0.1, -0.05) is 30.3 Å². The maximum atomic E-state index is 11.9. The normalized spacial score (nSPS) is 10.4. The minimum atomic E-state index is -0.210. The Morgan fingerprint density at radius 2 is 1.93 bits per heavy atom. The van der Waals surface area contributed by atoms with Crippen LogP contribution in [0.15, 0.2) is 67.0 Å². The first-order valence-corrected chi connectivity index (χ1v) is 8.71. The second-order valence-electron chi connectivity index (χ2n) is 6.10. The van der Waals surface area contributed by atoms with Gasteiger partial charge in [0.1, 0.15) is 5.75 Å². The van der Waals surface area contributed by atoms with Gasteiger partial charge in [0.15, 0.2) is 12.4 Å². The molecule has 6 heteroatoms. The van der Waals surface area contributed by atoms with Gasteiger partial charge in [-0.05, 0) is 43.2 Å². The van der Waals surface area contributed by atoms with E-state index >= 15 is 0 Å². The molecule has 2 aromatic carbocycles. The molecule has 1 aromatic heterocycles. The number of ether oxygens (including phenoxy) is 1. The first-order chi connectivity index (χ1) is 13.1. The molecular formula is C21H21N3O3. The molecule has 3 aromatic rings. The molecular weight excluding hydrogens is 342 g/mol. The lowest BCUT2D eigenvalue weighted by molar-refractivity contribution is -0.123. The summed E-state index contributed by atoms with van der Waals surface area (Å²) in [6.07, 6.45) is 4.42. The van der Waals surface area contributed by atoms with E-state index < -0.39 is 0 Å². The number of carbonyl (C=O) groups excluding carboxylic acids is 2. The van der Waals surface area contributed by atoms with E-state index in [0.29, 0.717) is 24.3 Å². The van der Waals surface area contributed by atoms with E-state index in [0.717, 1.165) is 11.3 Å². The van der Waals surface area contributed by atoms with Gasteiger partial charge < -0.3 is 10.1 Å². The van der Waals surface area contributed by atoms with Crippen molar-refractivity contribution in [1.29, 1.82) is 0 Å². The number of hydrogen-bond donors (Lipinski definition) is 1. The van der Waals surface area contributed by atoms with Crippen molar-refractivity contribution in [2.45, 2.75) is 13.3 Å². The fourth-order valence-electron chi connectivity index (χ4n) is 2.56. The third kappa shape index (κ3) is 5.28. The lowest BCUT2D eigenvalue weighted by Gasteiger charge is -2.08. The smallest absolute Gasteiger partial charge is 0.257 e. The van der Waals surface area contributed by atoms with Crippen LogP contribution in [0, 0.1) is 0 Å². The molecule has 0 saturated carbocycles. The molecule has 0 radical (unpaired) electrons. The summed E-state index contributed by atoms with van der Waals surface area (Å²) in [5.41, 5.74) is 2.59. The van der Waals surface area contributed by atoms with E-state index in [1.54, 1.807) is 30.5 Å². The molecule has 138 valence electrons. The van der Waals surface area contributed by atoms with Crippen LogP contribution >= 0.6 is 0 Å². The minimum absolute atomic E-state index is 0.0408. The molecule has 6 nitrogen and oxygen atoms in total. The van der Waals surface area contributed by atoms with E-state index in [9.17, 15) is 9.59 Å². The van der Waals surface area contributed by atoms with E-state index in [4.69, 9.17) is 4.74 Å². The molecule has 0 fully saturated rings. The zero-order chi connectivity index (χ0) is 19.1. The lowest BCUT2D eigenvalue weighted by atomic mass is 10.1. The van der Waals surface area contributed by atoms with Gasteiger partial charge in [0.2, 0.25) is 0 Å². The number of aromatic nitrogens is 2. The average Bonchev–Trinajstić information content (AvgIpc) is 3.16. The van der Waals surface area contributed by atoms with Gasteiger partial charge in [-0.15, -0.1) is 0 Å². The topological polar surface area (TPSA) is 73.2 Å². The third-order valence-electron chi connectivity index (χ3n) is 4.00. The first kappa shape index (κ1) is 18.4. The number of hydrogen-bond acceptors (Lipinski definition) is 4. The van der Waals surface area contributed by atoms with Crippen molar-refractivity contribution in [2.75, 3.05) is 13.2 Å². The fraction of sp³-hybridized carbons (Fsp3) is 0.190. The zero-order valence-electron chi connectivity index (χ0n) is 15.1. The van der Waals surface area contributed by atoms with Crippen molar-refractivity contribution in [1.82, 2.24) is 15.1 Å². The number of para-hydroxylation sites is 1. The summed E-state index contributed by atoms with van der Waals surface area (Å²) in [6.45, 7) is 1.90. The highest BCUT2D eigenvalue weighted by atomic mass is 16.5. The van der Waals surface area contributed by atoms with Crippen molar-refractivity contribution >= 4 is 11.7 Å². The molecule has 0 unspecified atom stereocenters. The SMILES string of the molecule is CC(=O)c1cccc(OCC(=O)NCCc2cnn(-c3ccccc3)c2)c1. The summed E-state index contributed by atoms with van der Waals surface area (Å²) in [4.78, 5) is 23.3. The van der Waals surface area contributed by atoms with Gasteiger partial charge in [-0.3, -0.25) is 9.59 Å². The number of carbonyl (C=O) groups is 2. The highest BCUT2D eigenvalue weighted by Crippen LogP contribution is 2.13. The maximum Gasteiger partial charge on any atom is 0.257 e. The van der Waals surface area contributed by atoms with E-state index in [-0.39, 0.29) is 18.3 Å².